The largest absolute Gasteiger partial charge is 1.00 e. The van der Waals surface area contributed by atoms with Gasteiger partial charge in [-0.1, -0.05) is 127 Å². The summed E-state index contributed by atoms with van der Waals surface area (Å²) in [5.41, 5.74) is 51.2. The number of rotatable bonds is 26. The number of ether oxygens (including phenoxy) is 11. The van der Waals surface area contributed by atoms with Gasteiger partial charge in [0.05, 0.1) is 98.9 Å². The number of aliphatic hydroxyl groups is 16. The summed E-state index contributed by atoms with van der Waals surface area (Å²) < 4.78 is 79.3. The summed E-state index contributed by atoms with van der Waals surface area (Å²) in [6, 6.07) is 3.27. The number of carboxylic acids is 1. The second kappa shape index (κ2) is 73.8. The number of nitrogens with zero attached hydrogens (tertiary/aromatic N) is 18. The molecule has 1 aromatic carbocycles. The quantitative estimate of drug-likeness (QED) is 0.00787. The van der Waals surface area contributed by atoms with Gasteiger partial charge in [-0.25, -0.2) is 4.79 Å². The molecule has 8 rings (SSSR count). The number of carbonyl (C=O) groups excluding carboxylic acids is 5. The van der Waals surface area contributed by atoms with Crippen LogP contribution in [0.1, 0.15) is 86.5 Å². The van der Waals surface area contributed by atoms with Crippen LogP contribution in [0.15, 0.2) is 61.0 Å². The molecule has 0 saturated carbocycles. The van der Waals surface area contributed by atoms with Crippen LogP contribution in [0.5, 0.6) is 0 Å². The predicted molar refractivity (Wildman–Crippen MR) is 477 cm³/mol. The molecule has 7 aliphatic rings. The van der Waals surface area contributed by atoms with E-state index in [1.54, 1.807) is 44.5 Å². The number of carbonyl (C=O) groups is 5. The summed E-state index contributed by atoms with van der Waals surface area (Å²) in [4.78, 5) is 70.0. The molecule has 0 aromatic heterocycles. The van der Waals surface area contributed by atoms with Crippen LogP contribution in [-0.2, 0) is 89.4 Å². The number of aliphatic carboxylic acids is 1. The molecule has 43 atom stereocenters. The molecule has 7 saturated heterocycles. The maximum absolute atomic E-state index is 12.0. The molecule has 25 unspecified atom stereocenters. The normalized spacial score (nSPS) is 34.9. The van der Waals surface area contributed by atoms with E-state index in [4.69, 9.17) is 149 Å². The number of hydrogen-bond donors (Lipinski definition) is 16. The van der Waals surface area contributed by atoms with Crippen LogP contribution in [0.4, 0.5) is 0 Å². The van der Waals surface area contributed by atoms with Crippen LogP contribution >= 0.6 is 67.1 Å². The van der Waals surface area contributed by atoms with Crippen LogP contribution in [0.25, 0.3) is 62.7 Å². The van der Waals surface area contributed by atoms with Gasteiger partial charge in [-0.05, 0) is 97.2 Å². The maximum Gasteiger partial charge on any atom is 1.00 e. The van der Waals surface area contributed by atoms with E-state index < -0.39 is 272 Å². The van der Waals surface area contributed by atoms with E-state index in [1.807, 2.05) is 47.1 Å². The summed E-state index contributed by atoms with van der Waals surface area (Å²) >= 11 is 0. The first kappa shape index (κ1) is 137. The van der Waals surface area contributed by atoms with Gasteiger partial charge < -0.3 is 167 Å². The molecule has 7 fully saturated rings. The molecule has 16 N–H and O–H groups in total. The van der Waals surface area contributed by atoms with Gasteiger partial charge in [-0.3, -0.25) is 14.4 Å². The van der Waals surface area contributed by atoms with Crippen molar-refractivity contribution in [3.8, 4) is 0 Å². The summed E-state index contributed by atoms with van der Waals surface area (Å²) in [5.74, 6) is -3.73. The minimum Gasteiger partial charge on any atom is -0.857 e. The summed E-state index contributed by atoms with van der Waals surface area (Å²) in [6.07, 6.45) is -25.9. The first-order valence-electron chi connectivity index (χ1n) is 39.0. The monoisotopic (exact) mass is 2090 g/mol. The van der Waals surface area contributed by atoms with Crippen LogP contribution in [0, 0.1) is 23.7 Å². The molecule has 756 valence electrons. The second-order valence-electron chi connectivity index (χ2n) is 28.5. The molecule has 7 aliphatic heterocycles. The Morgan fingerprint density at radius 2 is 0.739 bits per heavy atom. The molecule has 66 heteroatoms. The van der Waals surface area contributed by atoms with E-state index in [1.165, 1.54) is 20.8 Å². The van der Waals surface area contributed by atoms with Crippen molar-refractivity contribution in [1.29, 1.82) is 0 Å². The van der Waals surface area contributed by atoms with E-state index in [9.17, 15) is 65.1 Å². The Morgan fingerprint density at radius 1 is 0.388 bits per heavy atom. The molecule has 0 aliphatic carbocycles. The van der Waals surface area contributed by atoms with E-state index >= 15 is 0 Å². The van der Waals surface area contributed by atoms with Gasteiger partial charge >= 0.3 is 83.0 Å². The van der Waals surface area contributed by atoms with E-state index in [0.29, 0.717) is 12.0 Å². The Hall–Kier alpha value is -3.25. The fourth-order valence-corrected chi connectivity index (χ4v) is 15.8. The SMILES string of the molecule is C.CC(=O)OCC1OC(OC(C)=O)C(OC(C)=O)[C@@H](C)[C@H]1C.CC(=O)[O-].CCC1O[C@@H](OP(C)P)C(N=[N+]=[N-])[C@@H](C)[C@@H]1N=[N+]=[N-].CP(P)O[C@@H]1OC(CO)[C@@H](N=[N+]=[N-])[C@H](O)C1N=[N+]=[N-].CP(P)O[C@@H]1OC(CO)[C@H](O)[C@H](O)C1O.C[C@@H]1C(O)[C@H](OP(C)P)OC(COC(=O)c2ccccc2)[C@@H]1O.C[O-].OCC1OC(O)C(O)[C@@H](O)[C@H]1O.[N-]=[N+]=NC1C(O)OC(CO)[C@@H](N=[N+]=[N-])[C@@H]1O.[Na+].[Na+]. The first-order valence-corrected chi connectivity index (χ1v) is 52.3. The van der Waals surface area contributed by atoms with Crippen molar-refractivity contribution < 1.29 is 245 Å². The van der Waals surface area contributed by atoms with Gasteiger partial charge in [-0.15, -0.1) is 0 Å². The smallest absolute Gasteiger partial charge is 0.857 e. The van der Waals surface area contributed by atoms with Crippen molar-refractivity contribution in [3.63, 3.8) is 0 Å². The van der Waals surface area contributed by atoms with Crippen LogP contribution in [0.2, 0.25) is 0 Å². The molecule has 1 aromatic rings. The predicted octanol–water partition coefficient (Wildman–Crippen LogP) is -4.80. The Bertz CT molecular complexity index is 3750. The molecule has 0 amide bonds. The maximum atomic E-state index is 12.0. The van der Waals surface area contributed by atoms with Gasteiger partial charge in [0.1, 0.15) is 86.3 Å². The Balaban J connectivity index is -0.000000730. The third kappa shape index (κ3) is 47.3. The van der Waals surface area contributed by atoms with Crippen molar-refractivity contribution in [1.82, 2.24) is 0 Å². The number of benzene rings is 1. The zero-order chi connectivity index (χ0) is 101. The topological polar surface area (TPSA) is 886 Å². The molecule has 0 bridgehead atoms. The van der Waals surface area contributed by atoms with Crippen LogP contribution in [0.3, 0.4) is 0 Å². The Morgan fingerprint density at radius 3 is 1.17 bits per heavy atom. The fraction of sp³-hybridized carbons (Fsp3) is 0.838. The zero-order valence-electron chi connectivity index (χ0n) is 75.3. The Kier molecular flexibility index (Phi) is 75.4. The molecular formula is C68H124N18Na2O38P8. The standard InChI is InChI=1S/C15H22O6P2.C14H22O7.C9H18N6O2P2.C7H14N6O4P2.C7H16O6P2.C6H10N6O4.C6H12O6.C2H4O2.CH3O.CH4.2Na/c1-9-12(16)11(20-15(13(9)17)21-23(2)22)8-19-14(18)10-6-4-3-5-7-10;1-7-8(2)13(19-10(4)16)14(20-11(5)17)21-12(7)6-18-9(3)15;1-4-6-7(12-14-10)5(2)8(13-15-11)9(16-6)17-19(3)18;1-19(18)17-7-5(11-13-9)6(15)4(10-12-8)3(2-14)16-7;1-15(14)13-7-6(11)5(10)4(9)3(2-8)12-7;7-11-9-3-2(1-13)16-6(15)4(5(3)14)10-12-8;7-1-2-3(8)4(9)5(10)6(11)12-2;1-2(3)4;1-2;;;/h3-7,9,11-13,15-17H,8,22H2,1-2H3;7-8,12-14H,6H2,1-5H3;5-9H,4,18H2,1-3H3;3-7,14-15H,2,18H2,1H3;3-11H,2,14H2,1H3;2-6,13-15H,1H2;2-11H,1H2;1H3,(H,3,4);1H3;1H4;;/q;;;;;;;;-1;;2*+1/p-1/t9-,11?,12+,13?,15-,23?;7-,8+,12?,13?,14?;5-,6?,7-,8?,9-,19?;3?,4-,5?,6+,7+,19?;3?,4-,5-,6?,7-,15?;2?,3-,4?,5+,6?;2?,3-,4-,5?,6?;;;;;/m0101010...../s1. The second-order valence-corrected chi connectivity index (χ2v) is 42.5. The first-order chi connectivity index (χ1) is 61.6. The van der Waals surface area contributed by atoms with Gasteiger partial charge in [0.2, 0.25) is 6.29 Å². The average Bonchev–Trinajstić information content (AvgIpc) is 0.798. The van der Waals surface area contributed by atoms with Crippen molar-refractivity contribution in [3.05, 3.63) is 98.6 Å². The third-order valence-electron chi connectivity index (χ3n) is 19.1. The number of esters is 4. The Labute approximate surface area is 829 Å². The van der Waals surface area contributed by atoms with Gasteiger partial charge in [0.15, 0.2) is 43.8 Å². The van der Waals surface area contributed by atoms with Crippen molar-refractivity contribution in [2.45, 2.75) is 266 Å². The minimum absolute atomic E-state index is 0. The number of azide groups is 6. The summed E-state index contributed by atoms with van der Waals surface area (Å²) in [6.45, 7) is 19.5. The number of hydrogen-bond acceptors (Lipinski definition) is 44. The van der Waals surface area contributed by atoms with Crippen molar-refractivity contribution in [2.75, 3.05) is 73.4 Å². The van der Waals surface area contributed by atoms with E-state index in [0.717, 1.165) is 14.0 Å². The molecule has 0 spiro atoms. The van der Waals surface area contributed by atoms with Gasteiger partial charge in [0, 0.05) is 99.4 Å². The summed E-state index contributed by atoms with van der Waals surface area (Å²) in [7, 11) is 7.37. The molecular weight excluding hydrogens is 1970 g/mol. The minimum atomic E-state index is -1.57. The number of aliphatic hydroxyl groups excluding tert-OH is 16. The summed E-state index contributed by atoms with van der Waals surface area (Å²) in [5, 5.41) is 187. The van der Waals surface area contributed by atoms with E-state index in [2.05, 4.69) is 101 Å². The van der Waals surface area contributed by atoms with Crippen LogP contribution < -0.4 is 69.3 Å². The number of carboxylic acid groups (broad SMARTS) is 1. The molecule has 0 radical (unpaired) electrons. The van der Waals surface area contributed by atoms with E-state index in [-0.39, 0.29) is 110 Å². The molecule has 56 nitrogen and oxygen atoms in total. The van der Waals surface area contributed by atoms with Gasteiger partial charge in [-0.2, -0.15) is 7.11 Å². The van der Waals surface area contributed by atoms with Crippen molar-refractivity contribution in [2.24, 2.45) is 54.4 Å². The molecule has 134 heavy (non-hydrogen) atoms. The van der Waals surface area contributed by atoms with Crippen LogP contribution in [-0.4, -0.2) is 375 Å². The zero-order valence-corrected chi connectivity index (χ0v) is 87.5. The molecule has 7 heterocycles. The van der Waals surface area contributed by atoms with Gasteiger partial charge in [0.25, 0.3) is 0 Å². The third-order valence-corrected chi connectivity index (χ3v) is 22.7. The average molecular weight is 2100 g/mol. The van der Waals surface area contributed by atoms with Crippen molar-refractivity contribution >= 4 is 96.9 Å². The fourth-order valence-electron chi connectivity index (χ4n) is 12.3.